The number of hydrogen-bond donors (Lipinski definition) is 5. The highest BCUT2D eigenvalue weighted by Crippen LogP contribution is 2.33. The fourth-order valence-corrected chi connectivity index (χ4v) is 8.75. The molecule has 0 saturated carbocycles. The molecule has 20 heteroatoms. The van der Waals surface area contributed by atoms with Gasteiger partial charge in [0.15, 0.2) is 11.4 Å². The number of aliphatic hydroxyl groups is 1. The van der Waals surface area contributed by atoms with E-state index in [0.717, 1.165) is 30.3 Å². The molecule has 0 bridgehead atoms. The van der Waals surface area contributed by atoms with Crippen molar-refractivity contribution in [1.29, 1.82) is 10.5 Å². The summed E-state index contributed by atoms with van der Waals surface area (Å²) in [6, 6.07) is 7.81. The van der Waals surface area contributed by atoms with E-state index in [1.165, 1.54) is 65.0 Å². The van der Waals surface area contributed by atoms with E-state index >= 15 is 0 Å². The minimum Gasteiger partial charge on any atom is -0.488 e. The third kappa shape index (κ3) is 7.73. The number of aliphatic hydroxyl groups excluding tert-OH is 1. The zero-order valence-corrected chi connectivity index (χ0v) is 30.7. The number of nitrogens with zero attached hydrogens (tertiary/aromatic N) is 4. The van der Waals surface area contributed by atoms with Gasteiger partial charge in [-0.3, -0.25) is 9.59 Å². The lowest BCUT2D eigenvalue weighted by Crippen LogP contribution is -2.40. The van der Waals surface area contributed by atoms with Gasteiger partial charge in [-0.2, -0.15) is 10.5 Å². The second-order valence-electron chi connectivity index (χ2n) is 12.4. The summed E-state index contributed by atoms with van der Waals surface area (Å²) in [7, 11) is -7.25. The van der Waals surface area contributed by atoms with Crippen molar-refractivity contribution in [1.82, 2.24) is 18.6 Å². The van der Waals surface area contributed by atoms with Crippen molar-refractivity contribution in [2.24, 2.45) is 7.05 Å². The number of anilines is 2. The zero-order valence-electron chi connectivity index (χ0n) is 29.0. The number of aryl methyl sites for hydroxylation is 1. The molecule has 0 radical (unpaired) electrons. The highest BCUT2D eigenvalue weighted by atomic mass is 32.2. The standard InChI is InChI=1S/C36H30F2N8O8S2/c1-3-29(47)28-11-8-25-30(55(50,51)44-28)18-46(32(25)35(48)41-22-6-9-26(37)20(13-22)15-39)12-4-5-24-19-54-34-31(56(52,53)43-24)17-45(2)33(34)36(49)42-23-7-10-27(38)21(14-23)16-40/h3-11,13-14,17-18,24,28-29,43-44,47H,1,12,19H2,2H3,(H,41,48)(H,42,49)/b5-4-/t24?,28-,29?/m0/s1. The van der Waals surface area contributed by atoms with E-state index < -0.39 is 61.7 Å². The molecule has 0 aliphatic carbocycles. The Bertz CT molecular complexity index is 2670. The van der Waals surface area contributed by atoms with E-state index in [1.54, 1.807) is 12.1 Å². The quantitative estimate of drug-likeness (QED) is 0.155. The summed E-state index contributed by atoms with van der Waals surface area (Å²) < 4.78 is 94.8. The van der Waals surface area contributed by atoms with Crippen LogP contribution in [-0.4, -0.2) is 67.7 Å². The molecule has 6 rings (SSSR count). The Kier molecular flexibility index (Phi) is 10.8. The fraction of sp³-hybridized carbons (Fsp3) is 0.167. The van der Waals surface area contributed by atoms with Gasteiger partial charge < -0.3 is 29.6 Å². The van der Waals surface area contributed by atoms with Gasteiger partial charge in [-0.05, 0) is 36.4 Å². The van der Waals surface area contributed by atoms with Crippen LogP contribution in [0.1, 0.15) is 37.7 Å². The summed E-state index contributed by atoms with van der Waals surface area (Å²) >= 11 is 0. The molecular weight excluding hydrogens is 775 g/mol. The van der Waals surface area contributed by atoms with Gasteiger partial charge in [0, 0.05) is 42.9 Å². The van der Waals surface area contributed by atoms with Crippen LogP contribution < -0.4 is 24.8 Å². The SMILES string of the molecule is C=CC(O)[C@@H]1C=Cc2c(cn(C/C=C\C3COc4c(cn(C)c4C(=O)Nc4ccc(F)c(C#N)c4)S(=O)(=O)N3)c2C(=O)Nc2ccc(F)c(C#N)c2)S(=O)(=O)N1. The molecule has 288 valence electrons. The van der Waals surface area contributed by atoms with Crippen LogP contribution in [0.5, 0.6) is 5.75 Å². The van der Waals surface area contributed by atoms with Gasteiger partial charge in [-0.25, -0.2) is 35.1 Å². The predicted octanol–water partition coefficient (Wildman–Crippen LogP) is 2.87. The number of sulfonamides is 2. The third-order valence-corrected chi connectivity index (χ3v) is 11.6. The van der Waals surface area contributed by atoms with Crippen LogP contribution in [0, 0.1) is 34.3 Å². The molecule has 16 nitrogen and oxygen atoms in total. The number of carbonyl (C=O) groups excluding carboxylic acids is 2. The molecule has 2 aliphatic rings. The summed E-state index contributed by atoms with van der Waals surface area (Å²) in [6.45, 7) is 2.96. The average Bonchev–Trinajstić information content (AvgIpc) is 3.63. The Morgan fingerprint density at radius 1 is 0.982 bits per heavy atom. The average molecular weight is 805 g/mol. The van der Waals surface area contributed by atoms with Gasteiger partial charge in [-0.15, -0.1) is 6.58 Å². The van der Waals surface area contributed by atoms with Gasteiger partial charge in [0.05, 0.1) is 29.3 Å². The first-order valence-corrected chi connectivity index (χ1v) is 19.3. The molecule has 2 aromatic heterocycles. The lowest BCUT2D eigenvalue weighted by atomic mass is 10.1. The maximum absolute atomic E-state index is 14.0. The highest BCUT2D eigenvalue weighted by molar-refractivity contribution is 7.90. The molecule has 4 aromatic rings. The van der Waals surface area contributed by atoms with Crippen LogP contribution in [0.3, 0.4) is 0 Å². The molecular formula is C36H30F2N8O8S2. The summed E-state index contributed by atoms with van der Waals surface area (Å²) in [4.78, 5) is 26.4. The lowest BCUT2D eigenvalue weighted by molar-refractivity contribution is 0.100. The van der Waals surface area contributed by atoms with E-state index in [1.807, 2.05) is 0 Å². The summed E-state index contributed by atoms with van der Waals surface area (Å²) in [6.07, 6.45) is 7.68. The minimum atomic E-state index is -4.35. The predicted molar refractivity (Wildman–Crippen MR) is 196 cm³/mol. The fourth-order valence-electron chi connectivity index (χ4n) is 5.96. The maximum atomic E-state index is 14.0. The van der Waals surface area contributed by atoms with Crippen molar-refractivity contribution < 1.29 is 45.0 Å². The van der Waals surface area contributed by atoms with Crippen molar-refractivity contribution in [3.63, 3.8) is 0 Å². The van der Waals surface area contributed by atoms with Gasteiger partial charge in [0.25, 0.3) is 11.8 Å². The van der Waals surface area contributed by atoms with E-state index in [0.29, 0.717) is 0 Å². The second-order valence-corrected chi connectivity index (χ2v) is 15.8. The molecule has 0 saturated heterocycles. The summed E-state index contributed by atoms with van der Waals surface area (Å²) in [5.41, 5.74) is -0.989. The van der Waals surface area contributed by atoms with Crippen LogP contribution in [0.2, 0.25) is 0 Å². The van der Waals surface area contributed by atoms with Crippen LogP contribution in [0.25, 0.3) is 6.08 Å². The van der Waals surface area contributed by atoms with Crippen molar-refractivity contribution in [2.75, 3.05) is 17.2 Å². The van der Waals surface area contributed by atoms with Crippen molar-refractivity contribution in [2.45, 2.75) is 34.5 Å². The molecule has 0 spiro atoms. The Balaban J connectivity index is 1.28. The van der Waals surface area contributed by atoms with Gasteiger partial charge >= 0.3 is 0 Å². The van der Waals surface area contributed by atoms with Crippen molar-refractivity contribution >= 4 is 49.3 Å². The molecule has 2 aromatic carbocycles. The van der Waals surface area contributed by atoms with Crippen molar-refractivity contribution in [3.05, 3.63) is 119 Å². The number of aromatic nitrogens is 2. The third-order valence-electron chi connectivity index (χ3n) is 8.64. The van der Waals surface area contributed by atoms with Gasteiger partial charge in [0.2, 0.25) is 20.0 Å². The Hall–Kier alpha value is -6.42. The van der Waals surface area contributed by atoms with Crippen LogP contribution in [-0.2, 0) is 33.6 Å². The minimum absolute atomic E-state index is 0.0333. The number of nitriles is 2. The first-order chi connectivity index (χ1) is 26.6. The number of allylic oxidation sites excluding steroid dienone is 1. The monoisotopic (exact) mass is 804 g/mol. The number of benzene rings is 2. The largest absolute Gasteiger partial charge is 0.488 e. The molecule has 2 amide bonds. The first kappa shape index (κ1) is 39.3. The number of hydrogen-bond acceptors (Lipinski definition) is 10. The van der Waals surface area contributed by atoms with Crippen LogP contribution in [0.4, 0.5) is 20.2 Å². The number of fused-ring (bicyclic) bond motifs is 2. The van der Waals surface area contributed by atoms with Crippen LogP contribution in [0.15, 0.2) is 89.5 Å². The lowest BCUT2D eigenvalue weighted by Gasteiger charge is -2.16. The van der Waals surface area contributed by atoms with Gasteiger partial charge in [0.1, 0.15) is 45.9 Å². The van der Waals surface area contributed by atoms with E-state index in [2.05, 4.69) is 26.7 Å². The number of nitrogens with one attached hydrogen (secondary N) is 4. The van der Waals surface area contributed by atoms with Gasteiger partial charge in [-0.1, -0.05) is 30.4 Å². The number of halogens is 2. The van der Waals surface area contributed by atoms with E-state index in [-0.39, 0.29) is 68.1 Å². The summed E-state index contributed by atoms with van der Waals surface area (Å²) in [5.74, 6) is -3.53. The van der Waals surface area contributed by atoms with Crippen molar-refractivity contribution in [3.8, 4) is 17.9 Å². The molecule has 0 fully saturated rings. The molecule has 5 N–H and O–H groups in total. The first-order valence-electron chi connectivity index (χ1n) is 16.3. The Morgan fingerprint density at radius 2 is 1.57 bits per heavy atom. The molecule has 56 heavy (non-hydrogen) atoms. The zero-order chi connectivity index (χ0) is 40.5. The molecule has 4 heterocycles. The molecule has 2 aliphatic heterocycles. The normalized spacial score (nSPS) is 18.5. The summed E-state index contributed by atoms with van der Waals surface area (Å²) in [5, 5.41) is 33.7. The molecule has 3 atom stereocenters. The number of carbonyl (C=O) groups is 2. The molecule has 2 unspecified atom stereocenters. The second kappa shape index (κ2) is 15.4. The number of amides is 2. The van der Waals surface area contributed by atoms with E-state index in [4.69, 9.17) is 10.00 Å². The number of ether oxygens (including phenoxy) is 1. The Labute approximate surface area is 318 Å². The smallest absolute Gasteiger partial charge is 0.276 e. The Morgan fingerprint density at radius 3 is 2.16 bits per heavy atom. The highest BCUT2D eigenvalue weighted by Gasteiger charge is 2.35. The topological polar surface area (TPSA) is 237 Å². The van der Waals surface area contributed by atoms with Crippen LogP contribution >= 0.6 is 0 Å². The van der Waals surface area contributed by atoms with E-state index in [9.17, 15) is 45.6 Å². The number of rotatable bonds is 9. The maximum Gasteiger partial charge on any atom is 0.276 e.